The molecule has 0 radical (unpaired) electrons. The second-order valence-electron chi connectivity index (χ2n) is 6.20. The minimum atomic E-state index is 0.103. The molecule has 5 nitrogen and oxygen atoms in total. The number of hydrogen-bond acceptors (Lipinski definition) is 3. The lowest BCUT2D eigenvalue weighted by atomic mass is 9.91. The van der Waals surface area contributed by atoms with Crippen molar-refractivity contribution in [1.82, 2.24) is 14.7 Å². The van der Waals surface area contributed by atoms with Crippen LogP contribution < -0.4 is 4.74 Å². The standard InChI is InChI=1S/C18H22ClN3O2/c1-21-12-14(11-20-21)13-6-8-22(9-7-13)18(23)10-15-16(19)4-3-5-17(15)24-2/h3-5,11-13H,6-10H2,1-2H3. The molecule has 1 aliphatic rings. The van der Waals surface area contributed by atoms with E-state index in [-0.39, 0.29) is 12.3 Å². The van der Waals surface area contributed by atoms with Crippen LogP contribution in [0.3, 0.4) is 0 Å². The molecule has 1 aromatic heterocycles. The average molecular weight is 348 g/mol. The first-order valence-electron chi connectivity index (χ1n) is 8.16. The van der Waals surface area contributed by atoms with Crippen LogP contribution in [0.2, 0.25) is 5.02 Å². The van der Waals surface area contributed by atoms with Crippen LogP contribution >= 0.6 is 11.6 Å². The Balaban J connectivity index is 1.62. The summed E-state index contributed by atoms with van der Waals surface area (Å²) in [5.74, 6) is 1.25. The number of hydrogen-bond donors (Lipinski definition) is 0. The van der Waals surface area contributed by atoms with E-state index < -0.39 is 0 Å². The van der Waals surface area contributed by atoms with Crippen LogP contribution in [-0.4, -0.2) is 40.8 Å². The van der Waals surface area contributed by atoms with Crippen LogP contribution in [0.5, 0.6) is 5.75 Å². The molecule has 1 aromatic carbocycles. The third-order valence-corrected chi connectivity index (χ3v) is 5.02. The second-order valence-corrected chi connectivity index (χ2v) is 6.61. The topological polar surface area (TPSA) is 47.4 Å². The molecule has 1 fully saturated rings. The fourth-order valence-electron chi connectivity index (χ4n) is 3.28. The molecule has 1 saturated heterocycles. The number of aromatic nitrogens is 2. The number of ether oxygens (including phenoxy) is 1. The van der Waals surface area contributed by atoms with Gasteiger partial charge in [0, 0.05) is 36.9 Å². The highest BCUT2D eigenvalue weighted by atomic mass is 35.5. The third kappa shape index (κ3) is 3.56. The van der Waals surface area contributed by atoms with Crippen molar-refractivity contribution in [3.05, 3.63) is 46.7 Å². The van der Waals surface area contributed by atoms with Gasteiger partial charge in [0.05, 0.1) is 19.7 Å². The molecule has 0 N–H and O–H groups in total. The lowest BCUT2D eigenvalue weighted by Crippen LogP contribution is -2.38. The molecule has 3 rings (SSSR count). The Morgan fingerprint density at radius 1 is 1.38 bits per heavy atom. The maximum absolute atomic E-state index is 12.6. The van der Waals surface area contributed by atoms with Crippen LogP contribution in [-0.2, 0) is 18.3 Å². The van der Waals surface area contributed by atoms with Crippen LogP contribution in [0.25, 0.3) is 0 Å². The first-order chi connectivity index (χ1) is 11.6. The zero-order valence-corrected chi connectivity index (χ0v) is 14.8. The number of carbonyl (C=O) groups is 1. The summed E-state index contributed by atoms with van der Waals surface area (Å²) in [7, 11) is 3.53. The molecule has 128 valence electrons. The summed E-state index contributed by atoms with van der Waals surface area (Å²) in [6.07, 6.45) is 6.21. The number of nitrogens with zero attached hydrogens (tertiary/aromatic N) is 3. The lowest BCUT2D eigenvalue weighted by molar-refractivity contribution is -0.131. The summed E-state index contributed by atoms with van der Waals surface area (Å²) >= 11 is 6.24. The molecule has 6 heteroatoms. The van der Waals surface area contributed by atoms with Gasteiger partial charge in [-0.05, 0) is 36.5 Å². The van der Waals surface area contributed by atoms with Crippen LogP contribution in [0, 0.1) is 0 Å². The summed E-state index contributed by atoms with van der Waals surface area (Å²) in [6, 6.07) is 5.46. The number of likely N-dealkylation sites (tertiary alicyclic amines) is 1. The smallest absolute Gasteiger partial charge is 0.227 e. The lowest BCUT2D eigenvalue weighted by Gasteiger charge is -2.32. The molecule has 24 heavy (non-hydrogen) atoms. The van der Waals surface area contributed by atoms with Gasteiger partial charge in [0.15, 0.2) is 0 Å². The zero-order chi connectivity index (χ0) is 17.1. The fraction of sp³-hybridized carbons (Fsp3) is 0.444. The van der Waals surface area contributed by atoms with E-state index >= 15 is 0 Å². The van der Waals surface area contributed by atoms with Gasteiger partial charge in [0.2, 0.25) is 5.91 Å². The molecule has 0 atom stereocenters. The van der Waals surface area contributed by atoms with E-state index in [1.165, 1.54) is 5.56 Å². The van der Waals surface area contributed by atoms with Gasteiger partial charge in [-0.25, -0.2) is 0 Å². The highest BCUT2D eigenvalue weighted by molar-refractivity contribution is 6.31. The molecule has 2 heterocycles. The summed E-state index contributed by atoms with van der Waals surface area (Å²) in [5.41, 5.74) is 2.03. The van der Waals surface area contributed by atoms with Gasteiger partial charge in [0.25, 0.3) is 0 Å². The number of amides is 1. The van der Waals surface area contributed by atoms with Gasteiger partial charge in [-0.15, -0.1) is 0 Å². The van der Waals surface area contributed by atoms with Crippen molar-refractivity contribution < 1.29 is 9.53 Å². The minimum Gasteiger partial charge on any atom is -0.496 e. The number of piperidine rings is 1. The minimum absolute atomic E-state index is 0.103. The molecule has 0 spiro atoms. The van der Waals surface area contributed by atoms with Gasteiger partial charge in [0.1, 0.15) is 5.75 Å². The highest BCUT2D eigenvalue weighted by Gasteiger charge is 2.25. The number of halogens is 1. The van der Waals surface area contributed by atoms with Crippen molar-refractivity contribution >= 4 is 17.5 Å². The Morgan fingerprint density at radius 3 is 2.75 bits per heavy atom. The molecule has 2 aromatic rings. The van der Waals surface area contributed by atoms with E-state index in [9.17, 15) is 4.79 Å². The zero-order valence-electron chi connectivity index (χ0n) is 14.0. The fourth-order valence-corrected chi connectivity index (χ4v) is 3.51. The van der Waals surface area contributed by atoms with E-state index in [1.807, 2.05) is 35.0 Å². The Hall–Kier alpha value is -2.01. The summed E-state index contributed by atoms with van der Waals surface area (Å²) in [4.78, 5) is 14.6. The average Bonchev–Trinajstić information content (AvgIpc) is 3.03. The van der Waals surface area contributed by atoms with Gasteiger partial charge in [-0.2, -0.15) is 5.10 Å². The quantitative estimate of drug-likeness (QED) is 0.854. The van der Waals surface area contributed by atoms with Crippen molar-refractivity contribution in [2.24, 2.45) is 7.05 Å². The van der Waals surface area contributed by atoms with Crippen LogP contribution in [0.4, 0.5) is 0 Å². The van der Waals surface area contributed by atoms with Crippen molar-refractivity contribution in [3.8, 4) is 5.75 Å². The Kier molecular flexibility index (Phi) is 5.09. The summed E-state index contributed by atoms with van der Waals surface area (Å²) in [6.45, 7) is 1.54. The van der Waals surface area contributed by atoms with Crippen molar-refractivity contribution in [3.63, 3.8) is 0 Å². The molecule has 1 aliphatic heterocycles. The number of benzene rings is 1. The Morgan fingerprint density at radius 2 is 2.12 bits per heavy atom. The Labute approximate surface area is 147 Å². The van der Waals surface area contributed by atoms with E-state index in [1.54, 1.807) is 13.2 Å². The summed E-state index contributed by atoms with van der Waals surface area (Å²) in [5, 5.41) is 4.81. The normalized spacial score (nSPS) is 15.5. The van der Waals surface area contributed by atoms with Crippen molar-refractivity contribution in [1.29, 1.82) is 0 Å². The summed E-state index contributed by atoms with van der Waals surface area (Å²) < 4.78 is 7.16. The predicted molar refractivity (Wildman–Crippen MR) is 93.5 cm³/mol. The van der Waals surface area contributed by atoms with Crippen molar-refractivity contribution in [2.75, 3.05) is 20.2 Å². The number of aryl methyl sites for hydroxylation is 1. The van der Waals surface area contributed by atoms with E-state index in [0.717, 1.165) is 31.5 Å². The second kappa shape index (κ2) is 7.26. The monoisotopic (exact) mass is 347 g/mol. The molecular formula is C18H22ClN3O2. The van der Waals surface area contributed by atoms with E-state index in [0.29, 0.717) is 16.7 Å². The first kappa shape index (κ1) is 16.8. The van der Waals surface area contributed by atoms with Crippen molar-refractivity contribution in [2.45, 2.75) is 25.2 Å². The highest BCUT2D eigenvalue weighted by Crippen LogP contribution is 2.30. The number of methoxy groups -OCH3 is 1. The molecule has 1 amide bonds. The number of rotatable bonds is 4. The SMILES string of the molecule is COc1cccc(Cl)c1CC(=O)N1CCC(c2cnn(C)c2)CC1. The maximum atomic E-state index is 12.6. The van der Waals surface area contributed by atoms with Gasteiger partial charge in [-0.3, -0.25) is 9.48 Å². The van der Waals surface area contributed by atoms with E-state index in [2.05, 4.69) is 11.3 Å². The van der Waals surface area contributed by atoms with Gasteiger partial charge in [-0.1, -0.05) is 17.7 Å². The number of carbonyl (C=O) groups excluding carboxylic acids is 1. The molecule has 0 aliphatic carbocycles. The largest absolute Gasteiger partial charge is 0.496 e. The molecule has 0 saturated carbocycles. The molecule has 0 unspecified atom stereocenters. The van der Waals surface area contributed by atoms with Crippen LogP contribution in [0.1, 0.15) is 29.9 Å². The molecule has 0 bridgehead atoms. The molecular weight excluding hydrogens is 326 g/mol. The third-order valence-electron chi connectivity index (χ3n) is 4.67. The van der Waals surface area contributed by atoms with Gasteiger partial charge < -0.3 is 9.64 Å². The maximum Gasteiger partial charge on any atom is 0.227 e. The first-order valence-corrected chi connectivity index (χ1v) is 8.54. The Bertz CT molecular complexity index is 721. The van der Waals surface area contributed by atoms with E-state index in [4.69, 9.17) is 16.3 Å². The van der Waals surface area contributed by atoms with Gasteiger partial charge >= 0.3 is 0 Å². The van der Waals surface area contributed by atoms with Crippen LogP contribution in [0.15, 0.2) is 30.6 Å². The predicted octanol–water partition coefficient (Wildman–Crippen LogP) is 3.03.